The summed E-state index contributed by atoms with van der Waals surface area (Å²) in [5.74, 6) is 0. The second kappa shape index (κ2) is 5.61. The maximum Gasteiger partial charge on any atom is 0.244 e. The Morgan fingerprint density at radius 1 is 0.952 bits per heavy atom. The molecule has 0 radical (unpaired) electrons. The second-order valence-electron chi connectivity index (χ2n) is 4.91. The van der Waals surface area contributed by atoms with Crippen molar-refractivity contribution in [3.8, 4) is 0 Å². The summed E-state index contributed by atoms with van der Waals surface area (Å²) in [4.78, 5) is 0.0658. The summed E-state index contributed by atoms with van der Waals surface area (Å²) in [7, 11) is -3.64. The largest absolute Gasteiger partial charge is 0.244 e. The molecule has 110 valence electrons. The molecule has 0 aromatic heterocycles. The Bertz CT molecular complexity index is 790. The molecule has 0 N–H and O–H groups in total. The lowest BCUT2D eigenvalue weighted by Crippen LogP contribution is -2.36. The minimum atomic E-state index is -3.64. The van der Waals surface area contributed by atoms with Crippen molar-refractivity contribution in [2.45, 2.75) is 17.9 Å². The first kappa shape index (κ1) is 14.9. The number of rotatable bonds is 2. The van der Waals surface area contributed by atoms with E-state index in [1.165, 1.54) is 15.9 Å². The van der Waals surface area contributed by atoms with E-state index in [0.717, 1.165) is 5.56 Å². The normalized spacial score (nSPS) is 15.7. The molecule has 21 heavy (non-hydrogen) atoms. The van der Waals surface area contributed by atoms with Gasteiger partial charge in [0.1, 0.15) is 4.90 Å². The van der Waals surface area contributed by atoms with Crippen molar-refractivity contribution in [1.29, 1.82) is 0 Å². The van der Waals surface area contributed by atoms with Crippen LogP contribution in [0.1, 0.15) is 11.1 Å². The molecule has 3 rings (SSSR count). The molecule has 1 heterocycles. The van der Waals surface area contributed by atoms with Gasteiger partial charge in [-0.05, 0) is 29.7 Å². The summed E-state index contributed by atoms with van der Waals surface area (Å²) in [6.45, 7) is 0.809. The molecule has 0 amide bonds. The molecular formula is C15H13Cl2NO2S. The van der Waals surface area contributed by atoms with E-state index in [4.69, 9.17) is 23.2 Å². The zero-order chi connectivity index (χ0) is 15.0. The highest BCUT2D eigenvalue weighted by Gasteiger charge is 2.30. The van der Waals surface area contributed by atoms with Crippen LogP contribution in [0.2, 0.25) is 10.0 Å². The zero-order valence-electron chi connectivity index (χ0n) is 11.1. The van der Waals surface area contributed by atoms with Gasteiger partial charge in [-0.1, -0.05) is 53.5 Å². The SMILES string of the molecule is O=S(=O)(c1cccc(Cl)c1Cl)N1CCc2ccccc2C1. The first-order valence-electron chi connectivity index (χ1n) is 6.51. The van der Waals surface area contributed by atoms with Crippen molar-refractivity contribution in [2.75, 3.05) is 6.54 Å². The van der Waals surface area contributed by atoms with E-state index in [1.54, 1.807) is 12.1 Å². The highest BCUT2D eigenvalue weighted by molar-refractivity contribution is 7.89. The lowest BCUT2D eigenvalue weighted by molar-refractivity contribution is 0.391. The topological polar surface area (TPSA) is 37.4 Å². The molecule has 0 saturated heterocycles. The summed E-state index contributed by atoms with van der Waals surface area (Å²) in [5, 5.41) is 0.327. The molecule has 0 saturated carbocycles. The van der Waals surface area contributed by atoms with Crippen LogP contribution in [-0.4, -0.2) is 19.3 Å². The number of hydrogen-bond donors (Lipinski definition) is 0. The minimum Gasteiger partial charge on any atom is -0.207 e. The van der Waals surface area contributed by atoms with Crippen LogP contribution in [0.25, 0.3) is 0 Å². The fraction of sp³-hybridized carbons (Fsp3) is 0.200. The highest BCUT2D eigenvalue weighted by atomic mass is 35.5. The van der Waals surface area contributed by atoms with Crippen LogP contribution in [0.4, 0.5) is 0 Å². The molecule has 0 aliphatic carbocycles. The number of benzene rings is 2. The minimum absolute atomic E-state index is 0.0658. The third kappa shape index (κ3) is 2.69. The Hall–Kier alpha value is -1.07. The molecule has 0 bridgehead atoms. The van der Waals surface area contributed by atoms with Crippen LogP contribution in [0, 0.1) is 0 Å². The molecule has 1 aliphatic heterocycles. The van der Waals surface area contributed by atoms with Gasteiger partial charge in [-0.2, -0.15) is 4.31 Å². The van der Waals surface area contributed by atoms with Crippen molar-refractivity contribution in [3.05, 3.63) is 63.6 Å². The lowest BCUT2D eigenvalue weighted by atomic mass is 10.0. The van der Waals surface area contributed by atoms with E-state index in [9.17, 15) is 8.42 Å². The summed E-state index contributed by atoms with van der Waals surface area (Å²) in [6.07, 6.45) is 0.702. The van der Waals surface area contributed by atoms with E-state index in [-0.39, 0.29) is 14.9 Å². The number of sulfonamides is 1. The Kier molecular flexibility index (Phi) is 3.97. The van der Waals surface area contributed by atoms with E-state index in [0.29, 0.717) is 19.5 Å². The molecule has 0 spiro atoms. The molecule has 2 aromatic rings. The van der Waals surface area contributed by atoms with Crippen LogP contribution in [-0.2, 0) is 23.0 Å². The lowest BCUT2D eigenvalue weighted by Gasteiger charge is -2.28. The molecule has 0 fully saturated rings. The van der Waals surface area contributed by atoms with Gasteiger partial charge in [-0.25, -0.2) is 8.42 Å². The van der Waals surface area contributed by atoms with E-state index in [1.807, 2.05) is 24.3 Å². The summed E-state index contributed by atoms with van der Waals surface area (Å²) in [6, 6.07) is 12.5. The third-order valence-electron chi connectivity index (χ3n) is 3.63. The van der Waals surface area contributed by atoms with Crippen molar-refractivity contribution in [3.63, 3.8) is 0 Å². The monoisotopic (exact) mass is 341 g/mol. The maximum absolute atomic E-state index is 12.8. The number of hydrogen-bond acceptors (Lipinski definition) is 2. The van der Waals surface area contributed by atoms with Gasteiger partial charge in [0.15, 0.2) is 0 Å². The Labute approximate surface area is 134 Å². The Morgan fingerprint density at radius 3 is 2.43 bits per heavy atom. The van der Waals surface area contributed by atoms with Crippen LogP contribution in [0.15, 0.2) is 47.4 Å². The number of nitrogens with zero attached hydrogens (tertiary/aromatic N) is 1. The van der Waals surface area contributed by atoms with Gasteiger partial charge in [0.25, 0.3) is 0 Å². The zero-order valence-corrected chi connectivity index (χ0v) is 13.4. The predicted octanol–water partition coefficient (Wildman–Crippen LogP) is 3.74. The number of fused-ring (bicyclic) bond motifs is 1. The van der Waals surface area contributed by atoms with Gasteiger partial charge in [-0.15, -0.1) is 0 Å². The van der Waals surface area contributed by atoms with Gasteiger partial charge >= 0.3 is 0 Å². The smallest absolute Gasteiger partial charge is 0.207 e. The average molecular weight is 342 g/mol. The summed E-state index contributed by atoms with van der Waals surface area (Å²) >= 11 is 12.0. The molecule has 3 nitrogen and oxygen atoms in total. The molecular weight excluding hydrogens is 329 g/mol. The maximum atomic E-state index is 12.8. The van der Waals surface area contributed by atoms with Crippen LogP contribution >= 0.6 is 23.2 Å². The van der Waals surface area contributed by atoms with E-state index in [2.05, 4.69) is 0 Å². The standard InChI is InChI=1S/C15H13Cl2NO2S/c16-13-6-3-7-14(15(13)17)21(19,20)18-9-8-11-4-1-2-5-12(11)10-18/h1-7H,8-10H2. The van der Waals surface area contributed by atoms with Crippen LogP contribution < -0.4 is 0 Å². The first-order chi connectivity index (χ1) is 10.00. The summed E-state index contributed by atoms with van der Waals surface area (Å²) in [5.41, 5.74) is 2.23. The van der Waals surface area contributed by atoms with Crippen molar-refractivity contribution in [1.82, 2.24) is 4.31 Å². The molecule has 0 atom stereocenters. The fourth-order valence-corrected chi connectivity index (χ4v) is 4.65. The van der Waals surface area contributed by atoms with Gasteiger partial charge in [0, 0.05) is 13.1 Å². The quantitative estimate of drug-likeness (QED) is 0.834. The predicted molar refractivity (Wildman–Crippen MR) is 84.2 cm³/mol. The molecule has 1 aliphatic rings. The first-order valence-corrected chi connectivity index (χ1v) is 8.70. The van der Waals surface area contributed by atoms with Gasteiger partial charge < -0.3 is 0 Å². The summed E-state index contributed by atoms with van der Waals surface area (Å²) < 4.78 is 27.0. The molecule has 6 heteroatoms. The average Bonchev–Trinajstić information content (AvgIpc) is 2.49. The van der Waals surface area contributed by atoms with Crippen molar-refractivity contribution >= 4 is 33.2 Å². The molecule has 2 aromatic carbocycles. The van der Waals surface area contributed by atoms with Crippen molar-refractivity contribution < 1.29 is 8.42 Å². The van der Waals surface area contributed by atoms with Crippen LogP contribution in [0.5, 0.6) is 0 Å². The van der Waals surface area contributed by atoms with E-state index >= 15 is 0 Å². The Morgan fingerprint density at radius 2 is 1.67 bits per heavy atom. The van der Waals surface area contributed by atoms with E-state index < -0.39 is 10.0 Å². The van der Waals surface area contributed by atoms with Crippen LogP contribution in [0.3, 0.4) is 0 Å². The number of halogens is 2. The third-order valence-corrected chi connectivity index (χ3v) is 6.45. The fourth-order valence-electron chi connectivity index (χ4n) is 2.50. The van der Waals surface area contributed by atoms with Gasteiger partial charge in [0.05, 0.1) is 10.0 Å². The van der Waals surface area contributed by atoms with Gasteiger partial charge in [0.2, 0.25) is 10.0 Å². The Balaban J connectivity index is 1.99. The van der Waals surface area contributed by atoms with Crippen molar-refractivity contribution in [2.24, 2.45) is 0 Å². The van der Waals surface area contributed by atoms with Gasteiger partial charge in [-0.3, -0.25) is 0 Å². The molecule has 0 unspecified atom stereocenters. The second-order valence-corrected chi connectivity index (χ2v) is 7.60. The highest BCUT2D eigenvalue weighted by Crippen LogP contribution is 2.32.